The average Bonchev–Trinajstić information content (AvgIpc) is 3.07. The van der Waals surface area contributed by atoms with Crippen molar-refractivity contribution in [3.05, 3.63) is 11.1 Å². The van der Waals surface area contributed by atoms with Gasteiger partial charge >= 0.3 is 0 Å². The van der Waals surface area contributed by atoms with E-state index in [1.807, 2.05) is 10.9 Å². The molecule has 1 saturated carbocycles. The van der Waals surface area contributed by atoms with Gasteiger partial charge in [0.1, 0.15) is 0 Å². The Balaban J connectivity index is 1.67. The fourth-order valence-corrected chi connectivity index (χ4v) is 3.83. The normalized spacial score (nSPS) is 16.4. The Hall–Kier alpha value is -1.15. The van der Waals surface area contributed by atoms with E-state index in [4.69, 9.17) is 5.73 Å². The zero-order chi connectivity index (χ0) is 12.4. The Morgan fingerprint density at radius 2 is 2.28 bits per heavy atom. The van der Waals surface area contributed by atoms with Crippen LogP contribution in [0.5, 0.6) is 0 Å². The summed E-state index contributed by atoms with van der Waals surface area (Å²) in [6.45, 7) is 0. The van der Waals surface area contributed by atoms with Gasteiger partial charge in [-0.3, -0.25) is 0 Å². The molecule has 0 unspecified atom stereocenters. The van der Waals surface area contributed by atoms with E-state index in [1.54, 1.807) is 11.8 Å². The molecule has 1 fully saturated rings. The van der Waals surface area contributed by atoms with Gasteiger partial charge in [0.05, 0.1) is 6.04 Å². The van der Waals surface area contributed by atoms with Gasteiger partial charge in [0.25, 0.3) is 0 Å². The third-order valence-electron chi connectivity index (χ3n) is 3.05. The van der Waals surface area contributed by atoms with Crippen LogP contribution in [-0.4, -0.2) is 25.2 Å². The Labute approximate surface area is 113 Å². The molecule has 3 rings (SSSR count). The lowest BCUT2D eigenvalue weighted by Crippen LogP contribution is -2.08. The summed E-state index contributed by atoms with van der Waals surface area (Å²) in [6.07, 6.45) is 6.74. The van der Waals surface area contributed by atoms with E-state index in [1.165, 1.54) is 37.0 Å². The minimum atomic E-state index is 0.481. The quantitative estimate of drug-likeness (QED) is 0.865. The maximum Gasteiger partial charge on any atom is 0.209 e. The molecule has 0 saturated heterocycles. The Bertz CT molecular complexity index is 516. The molecule has 0 aliphatic heterocycles. The highest BCUT2D eigenvalue weighted by Crippen LogP contribution is 2.32. The molecule has 0 aromatic carbocycles. The molecule has 1 aliphatic carbocycles. The number of thioether (sulfide) groups is 1. The van der Waals surface area contributed by atoms with Gasteiger partial charge in [-0.15, -0.1) is 16.4 Å². The highest BCUT2D eigenvalue weighted by atomic mass is 32.2. The van der Waals surface area contributed by atoms with Crippen molar-refractivity contribution in [1.29, 1.82) is 0 Å². The summed E-state index contributed by atoms with van der Waals surface area (Å²) in [6, 6.07) is 0.481. The van der Waals surface area contributed by atoms with Gasteiger partial charge in [0.2, 0.25) is 5.16 Å². The second-order valence-electron chi connectivity index (χ2n) is 4.30. The first-order valence-corrected chi connectivity index (χ1v) is 7.74. The van der Waals surface area contributed by atoms with E-state index in [0.717, 1.165) is 15.8 Å². The van der Waals surface area contributed by atoms with Crippen molar-refractivity contribution in [3.63, 3.8) is 0 Å². The zero-order valence-corrected chi connectivity index (χ0v) is 11.5. The Morgan fingerprint density at radius 3 is 3.00 bits per heavy atom. The van der Waals surface area contributed by atoms with Gasteiger partial charge in [-0.25, -0.2) is 9.67 Å². The first kappa shape index (κ1) is 11.9. The van der Waals surface area contributed by atoms with E-state index in [9.17, 15) is 0 Å². The molecule has 2 N–H and O–H groups in total. The maximum atomic E-state index is 5.61. The number of rotatable bonds is 4. The van der Waals surface area contributed by atoms with E-state index in [-0.39, 0.29) is 0 Å². The molecule has 0 radical (unpaired) electrons. The van der Waals surface area contributed by atoms with Crippen LogP contribution in [-0.2, 0) is 5.75 Å². The molecule has 2 aromatic rings. The highest BCUT2D eigenvalue weighted by Gasteiger charge is 2.21. The molecule has 0 atom stereocenters. The van der Waals surface area contributed by atoms with Crippen molar-refractivity contribution < 1.29 is 0 Å². The van der Waals surface area contributed by atoms with Crippen LogP contribution in [0.2, 0.25) is 0 Å². The number of nitrogens with two attached hydrogens (primary N) is 1. The molecule has 1 aliphatic rings. The topological polar surface area (TPSA) is 82.5 Å². The number of thiazole rings is 1. The molecular formula is C10H14N6S2. The second kappa shape index (κ2) is 5.23. The molecule has 2 aromatic heterocycles. The number of nitrogens with zero attached hydrogens (tertiary/aromatic N) is 5. The number of tetrazole rings is 1. The second-order valence-corrected chi connectivity index (χ2v) is 6.39. The average molecular weight is 282 g/mol. The van der Waals surface area contributed by atoms with Crippen molar-refractivity contribution in [2.75, 3.05) is 5.73 Å². The van der Waals surface area contributed by atoms with Crippen LogP contribution in [0.25, 0.3) is 0 Å². The summed E-state index contributed by atoms with van der Waals surface area (Å²) in [5.41, 5.74) is 5.61. The molecular weight excluding hydrogens is 268 g/mol. The summed E-state index contributed by atoms with van der Waals surface area (Å²) in [5, 5.41) is 13.5. The maximum absolute atomic E-state index is 5.61. The molecule has 6 nitrogen and oxygen atoms in total. The largest absolute Gasteiger partial charge is 0.375 e. The van der Waals surface area contributed by atoms with Crippen molar-refractivity contribution >= 4 is 28.2 Å². The third kappa shape index (κ3) is 2.49. The van der Waals surface area contributed by atoms with Crippen LogP contribution in [0.15, 0.2) is 11.4 Å². The van der Waals surface area contributed by atoms with Crippen molar-refractivity contribution in [2.24, 2.45) is 0 Å². The summed E-state index contributed by atoms with van der Waals surface area (Å²) in [4.78, 5) is 5.19. The molecule has 0 amide bonds. The minimum Gasteiger partial charge on any atom is -0.375 e. The highest BCUT2D eigenvalue weighted by molar-refractivity contribution is 7.98. The van der Waals surface area contributed by atoms with Gasteiger partial charge < -0.3 is 5.73 Å². The van der Waals surface area contributed by atoms with E-state index in [0.29, 0.717) is 11.2 Å². The Morgan fingerprint density at radius 1 is 1.44 bits per heavy atom. The molecule has 0 spiro atoms. The summed E-state index contributed by atoms with van der Waals surface area (Å²) < 4.78 is 1.97. The third-order valence-corrected chi connectivity index (χ3v) is 5.04. The van der Waals surface area contributed by atoms with Gasteiger partial charge in [-0.1, -0.05) is 24.6 Å². The smallest absolute Gasteiger partial charge is 0.209 e. The lowest BCUT2D eigenvalue weighted by molar-refractivity contribution is 0.423. The van der Waals surface area contributed by atoms with E-state index >= 15 is 0 Å². The lowest BCUT2D eigenvalue weighted by atomic mass is 10.3. The molecule has 2 heterocycles. The zero-order valence-electron chi connectivity index (χ0n) is 9.82. The number of hydrogen-bond acceptors (Lipinski definition) is 7. The SMILES string of the molecule is Nc1ncc(CSc2nnnn2C2CCCC2)s1. The standard InChI is InChI=1S/C10H14N6S2/c11-9-12-5-8(18-9)6-17-10-13-14-15-16(10)7-3-1-2-4-7/h5,7H,1-4,6H2,(H2,11,12). The van der Waals surface area contributed by atoms with Crippen LogP contribution in [0.4, 0.5) is 5.13 Å². The number of anilines is 1. The van der Waals surface area contributed by atoms with Crippen LogP contribution >= 0.6 is 23.1 Å². The lowest BCUT2D eigenvalue weighted by Gasteiger charge is -2.10. The monoisotopic (exact) mass is 282 g/mol. The van der Waals surface area contributed by atoms with E-state index in [2.05, 4.69) is 20.5 Å². The van der Waals surface area contributed by atoms with Gasteiger partial charge in [0, 0.05) is 16.8 Å². The fraction of sp³-hybridized carbons (Fsp3) is 0.600. The van der Waals surface area contributed by atoms with Gasteiger partial charge in [-0.05, 0) is 23.3 Å². The minimum absolute atomic E-state index is 0.481. The van der Waals surface area contributed by atoms with Crippen LogP contribution in [0.1, 0.15) is 36.6 Å². The van der Waals surface area contributed by atoms with Gasteiger partial charge in [-0.2, -0.15) is 0 Å². The summed E-state index contributed by atoms with van der Waals surface area (Å²) >= 11 is 3.16. The molecule has 18 heavy (non-hydrogen) atoms. The molecule has 96 valence electrons. The van der Waals surface area contributed by atoms with Gasteiger partial charge in [0.15, 0.2) is 5.13 Å². The van der Waals surface area contributed by atoms with E-state index < -0.39 is 0 Å². The first-order valence-electron chi connectivity index (χ1n) is 5.94. The van der Waals surface area contributed by atoms with Crippen molar-refractivity contribution in [3.8, 4) is 0 Å². The van der Waals surface area contributed by atoms with Crippen LogP contribution < -0.4 is 5.73 Å². The predicted octanol–water partition coefficient (Wildman–Crippen LogP) is 2.12. The van der Waals surface area contributed by atoms with Crippen molar-refractivity contribution in [1.82, 2.24) is 25.2 Å². The summed E-state index contributed by atoms with van der Waals surface area (Å²) in [7, 11) is 0. The number of aromatic nitrogens is 5. The molecule has 8 heteroatoms. The Kier molecular flexibility index (Phi) is 3.46. The van der Waals surface area contributed by atoms with Crippen LogP contribution in [0, 0.1) is 0 Å². The number of hydrogen-bond donors (Lipinski definition) is 1. The first-order chi connectivity index (χ1) is 8.83. The number of nitrogen functional groups attached to an aromatic ring is 1. The van der Waals surface area contributed by atoms with Crippen LogP contribution in [0.3, 0.4) is 0 Å². The fourth-order valence-electron chi connectivity index (χ4n) is 2.18. The molecule has 0 bridgehead atoms. The summed E-state index contributed by atoms with van der Waals surface area (Å²) in [5.74, 6) is 0.821. The van der Waals surface area contributed by atoms with Crippen molar-refractivity contribution in [2.45, 2.75) is 42.6 Å². The predicted molar refractivity (Wildman–Crippen MR) is 71.4 cm³/mol.